The first-order valence-electron chi connectivity index (χ1n) is 7.02. The van der Waals surface area contributed by atoms with E-state index in [9.17, 15) is 24.5 Å². The summed E-state index contributed by atoms with van der Waals surface area (Å²) in [5.41, 5.74) is 5.20. The quantitative estimate of drug-likeness (QED) is 0.467. The predicted octanol–water partition coefficient (Wildman–Crippen LogP) is 0.257. The summed E-state index contributed by atoms with van der Waals surface area (Å²) >= 11 is 0. The van der Waals surface area contributed by atoms with Gasteiger partial charge in [-0.3, -0.25) is 24.5 Å². The minimum Gasteiger partial charge on any atom is -0.369 e. The van der Waals surface area contributed by atoms with Crippen LogP contribution in [0.3, 0.4) is 0 Å². The second-order valence-corrected chi connectivity index (χ2v) is 5.23. The highest BCUT2D eigenvalue weighted by Crippen LogP contribution is 2.19. The normalized spacial score (nSPS) is 15.0. The highest BCUT2D eigenvalue weighted by atomic mass is 16.6. The number of nitro groups is 1. The van der Waals surface area contributed by atoms with Crippen LogP contribution in [0.4, 0.5) is 11.4 Å². The first-order valence-corrected chi connectivity index (χ1v) is 7.02. The van der Waals surface area contributed by atoms with Gasteiger partial charge in [-0.2, -0.15) is 0 Å². The van der Waals surface area contributed by atoms with Crippen molar-refractivity contribution in [3.8, 4) is 0 Å². The average Bonchev–Trinajstić information content (AvgIpc) is 2.54. The fraction of sp³-hybridized carbons (Fsp3) is 0.357. The molecule has 1 heterocycles. The Hall–Kier alpha value is -2.97. The van der Waals surface area contributed by atoms with Crippen LogP contribution in [0.25, 0.3) is 0 Å². The molecule has 0 bridgehead atoms. The van der Waals surface area contributed by atoms with Gasteiger partial charge in [0.2, 0.25) is 5.91 Å². The van der Waals surface area contributed by atoms with Gasteiger partial charge in [0.25, 0.3) is 5.69 Å². The Kier molecular flexibility index (Phi) is 4.89. The number of amides is 3. The molecule has 0 spiro atoms. The molecular formula is C14H16N4O5. The molecule has 0 saturated carbocycles. The number of benzene rings is 1. The lowest BCUT2D eigenvalue weighted by Gasteiger charge is -2.29. The zero-order valence-electron chi connectivity index (χ0n) is 12.2. The monoisotopic (exact) mass is 320 g/mol. The van der Waals surface area contributed by atoms with Crippen molar-refractivity contribution in [2.24, 2.45) is 11.7 Å². The van der Waals surface area contributed by atoms with Crippen LogP contribution in [0.1, 0.15) is 12.8 Å². The average molecular weight is 320 g/mol. The molecule has 2 rings (SSSR count). The van der Waals surface area contributed by atoms with E-state index >= 15 is 0 Å². The van der Waals surface area contributed by atoms with Crippen LogP contribution in [0.2, 0.25) is 0 Å². The van der Waals surface area contributed by atoms with E-state index in [0.717, 1.165) is 0 Å². The summed E-state index contributed by atoms with van der Waals surface area (Å²) in [7, 11) is 0. The van der Waals surface area contributed by atoms with Crippen molar-refractivity contribution < 1.29 is 19.3 Å². The molecule has 0 radical (unpaired) electrons. The van der Waals surface area contributed by atoms with Crippen LogP contribution in [0, 0.1) is 16.0 Å². The van der Waals surface area contributed by atoms with Gasteiger partial charge in [-0.1, -0.05) is 6.07 Å². The molecule has 1 aliphatic heterocycles. The molecule has 1 fully saturated rings. The number of anilines is 1. The van der Waals surface area contributed by atoms with Crippen molar-refractivity contribution >= 4 is 29.1 Å². The Bertz CT molecular complexity index is 652. The molecule has 0 aromatic heterocycles. The highest BCUT2D eigenvalue weighted by molar-refractivity contribution is 6.39. The SMILES string of the molecule is NC(=O)C1CCN(C(=O)C(=O)Nc2cccc([N+](=O)[O-])c2)CC1. The van der Waals surface area contributed by atoms with Crippen molar-refractivity contribution in [3.63, 3.8) is 0 Å². The van der Waals surface area contributed by atoms with Gasteiger partial charge in [0.1, 0.15) is 0 Å². The molecule has 1 aromatic rings. The van der Waals surface area contributed by atoms with E-state index in [0.29, 0.717) is 12.8 Å². The zero-order chi connectivity index (χ0) is 17.0. The number of nitro benzene ring substituents is 1. The Balaban J connectivity index is 1.96. The molecule has 122 valence electrons. The van der Waals surface area contributed by atoms with Crippen LogP contribution < -0.4 is 11.1 Å². The summed E-state index contributed by atoms with van der Waals surface area (Å²) < 4.78 is 0. The molecular weight excluding hydrogens is 304 g/mol. The molecule has 3 N–H and O–H groups in total. The summed E-state index contributed by atoms with van der Waals surface area (Å²) in [6.45, 7) is 0.545. The third-order valence-corrected chi connectivity index (χ3v) is 3.69. The Labute approximate surface area is 131 Å². The number of rotatable bonds is 3. The second-order valence-electron chi connectivity index (χ2n) is 5.23. The number of nitrogens with two attached hydrogens (primary N) is 1. The standard InChI is InChI=1S/C14H16N4O5/c15-12(19)9-4-6-17(7-5-9)14(21)13(20)16-10-2-1-3-11(8-10)18(22)23/h1-3,8-9H,4-7H2,(H2,15,19)(H,16,20). The van der Waals surface area contributed by atoms with Crippen LogP contribution in [-0.2, 0) is 14.4 Å². The number of non-ortho nitro benzene ring substituents is 1. The minimum atomic E-state index is -0.872. The number of hydrogen-bond acceptors (Lipinski definition) is 5. The van der Waals surface area contributed by atoms with Gasteiger partial charge in [-0.15, -0.1) is 0 Å². The molecule has 1 saturated heterocycles. The largest absolute Gasteiger partial charge is 0.369 e. The van der Waals surface area contributed by atoms with Gasteiger partial charge in [0.15, 0.2) is 0 Å². The summed E-state index contributed by atoms with van der Waals surface area (Å²) in [5.74, 6) is -2.29. The maximum Gasteiger partial charge on any atom is 0.313 e. The van der Waals surface area contributed by atoms with E-state index < -0.39 is 22.6 Å². The Morgan fingerprint density at radius 2 is 1.91 bits per heavy atom. The van der Waals surface area contributed by atoms with E-state index in [4.69, 9.17) is 5.73 Å². The lowest BCUT2D eigenvalue weighted by Crippen LogP contribution is -2.46. The second kappa shape index (κ2) is 6.86. The summed E-state index contributed by atoms with van der Waals surface area (Å²) in [6, 6.07) is 5.32. The first kappa shape index (κ1) is 16.4. The maximum absolute atomic E-state index is 12.1. The lowest BCUT2D eigenvalue weighted by molar-refractivity contribution is -0.384. The molecule has 9 heteroatoms. The highest BCUT2D eigenvalue weighted by Gasteiger charge is 2.29. The number of hydrogen-bond donors (Lipinski definition) is 2. The number of nitrogens with zero attached hydrogens (tertiary/aromatic N) is 2. The van der Waals surface area contributed by atoms with Gasteiger partial charge >= 0.3 is 11.8 Å². The summed E-state index contributed by atoms with van der Waals surface area (Å²) in [5, 5.41) is 13.0. The van der Waals surface area contributed by atoms with E-state index in [1.54, 1.807) is 0 Å². The van der Waals surface area contributed by atoms with Crippen molar-refractivity contribution in [1.82, 2.24) is 4.90 Å². The topological polar surface area (TPSA) is 136 Å². The van der Waals surface area contributed by atoms with Crippen LogP contribution >= 0.6 is 0 Å². The number of carbonyl (C=O) groups is 3. The van der Waals surface area contributed by atoms with E-state index in [2.05, 4.69) is 5.32 Å². The molecule has 9 nitrogen and oxygen atoms in total. The maximum atomic E-state index is 12.1. The Morgan fingerprint density at radius 3 is 2.48 bits per heavy atom. The molecule has 1 aliphatic rings. The Morgan fingerprint density at radius 1 is 1.26 bits per heavy atom. The van der Waals surface area contributed by atoms with Crippen molar-refractivity contribution in [2.75, 3.05) is 18.4 Å². The third-order valence-electron chi connectivity index (χ3n) is 3.69. The van der Waals surface area contributed by atoms with Crippen molar-refractivity contribution in [2.45, 2.75) is 12.8 Å². The van der Waals surface area contributed by atoms with Gasteiger partial charge < -0.3 is 16.0 Å². The summed E-state index contributed by atoms with van der Waals surface area (Å²) in [6.07, 6.45) is 0.844. The number of nitrogens with one attached hydrogen (secondary N) is 1. The minimum absolute atomic E-state index is 0.171. The lowest BCUT2D eigenvalue weighted by atomic mass is 9.96. The van der Waals surface area contributed by atoms with E-state index in [1.807, 2.05) is 0 Å². The van der Waals surface area contributed by atoms with Gasteiger partial charge in [0, 0.05) is 36.8 Å². The van der Waals surface area contributed by atoms with Gasteiger partial charge in [-0.25, -0.2) is 0 Å². The number of piperidine rings is 1. The molecule has 0 unspecified atom stereocenters. The number of primary amides is 1. The fourth-order valence-electron chi connectivity index (χ4n) is 2.39. The van der Waals surface area contributed by atoms with Crippen molar-refractivity contribution in [1.29, 1.82) is 0 Å². The molecule has 1 aromatic carbocycles. The number of likely N-dealkylation sites (tertiary alicyclic amines) is 1. The van der Waals surface area contributed by atoms with Crippen LogP contribution in [0.5, 0.6) is 0 Å². The van der Waals surface area contributed by atoms with E-state index in [1.165, 1.54) is 29.2 Å². The van der Waals surface area contributed by atoms with Crippen LogP contribution in [-0.4, -0.2) is 40.6 Å². The molecule has 0 atom stereocenters. The van der Waals surface area contributed by atoms with Crippen LogP contribution in [0.15, 0.2) is 24.3 Å². The summed E-state index contributed by atoms with van der Waals surface area (Å²) in [4.78, 5) is 46.5. The third kappa shape index (κ3) is 4.02. The van der Waals surface area contributed by atoms with E-state index in [-0.39, 0.29) is 30.4 Å². The smallest absolute Gasteiger partial charge is 0.313 e. The fourth-order valence-corrected chi connectivity index (χ4v) is 2.39. The van der Waals surface area contributed by atoms with Crippen molar-refractivity contribution in [3.05, 3.63) is 34.4 Å². The molecule has 3 amide bonds. The van der Waals surface area contributed by atoms with Gasteiger partial charge in [0.05, 0.1) is 4.92 Å². The first-order chi connectivity index (χ1) is 10.9. The zero-order valence-corrected chi connectivity index (χ0v) is 12.2. The predicted molar refractivity (Wildman–Crippen MR) is 80.2 cm³/mol. The molecule has 0 aliphatic carbocycles. The molecule has 23 heavy (non-hydrogen) atoms. The number of carbonyl (C=O) groups excluding carboxylic acids is 3. The van der Waals surface area contributed by atoms with Gasteiger partial charge in [-0.05, 0) is 18.9 Å².